The van der Waals surface area contributed by atoms with Gasteiger partial charge >= 0.3 is 6.09 Å². The third-order valence-electron chi connectivity index (χ3n) is 9.42. The number of hydrogen-bond donors (Lipinski definition) is 3. The van der Waals surface area contributed by atoms with Crippen LogP contribution in [0, 0.1) is 5.41 Å². The molecule has 4 atom stereocenters. The maximum absolute atomic E-state index is 14.6. The minimum Gasteiger partial charge on any atom is -0.488 e. The molecular formula is C40H51N5O8S2. The summed E-state index contributed by atoms with van der Waals surface area (Å²) >= 11 is 1.53. The molecule has 4 amide bonds. The third kappa shape index (κ3) is 10.1. The van der Waals surface area contributed by atoms with E-state index in [0.717, 1.165) is 10.4 Å². The molecule has 1 saturated heterocycles. The lowest BCUT2D eigenvalue weighted by molar-refractivity contribution is -0.143. The molecular weight excluding hydrogens is 743 g/mol. The van der Waals surface area contributed by atoms with E-state index in [4.69, 9.17) is 14.5 Å². The Balaban J connectivity index is 1.49. The van der Waals surface area contributed by atoms with Crippen LogP contribution in [0.4, 0.5) is 4.79 Å². The van der Waals surface area contributed by atoms with Crippen molar-refractivity contribution in [2.24, 2.45) is 5.41 Å². The molecule has 2 fully saturated rings. The van der Waals surface area contributed by atoms with Crippen molar-refractivity contribution in [2.45, 2.75) is 109 Å². The number of aromatic nitrogens is 1. The van der Waals surface area contributed by atoms with Crippen molar-refractivity contribution >= 4 is 45.2 Å². The molecule has 0 unspecified atom stereocenters. The first kappa shape index (κ1) is 41.4. The number of nitrogens with zero attached hydrogens (tertiary/aromatic N) is 2. The van der Waals surface area contributed by atoms with Crippen molar-refractivity contribution in [3.63, 3.8) is 0 Å². The predicted octanol–water partition coefficient (Wildman–Crippen LogP) is 5.82. The summed E-state index contributed by atoms with van der Waals surface area (Å²) in [7, 11) is -3.95. The number of thiophene rings is 1. The van der Waals surface area contributed by atoms with E-state index in [1.807, 2.05) is 53.9 Å². The number of ether oxygens (including phenoxy) is 2. The van der Waals surface area contributed by atoms with Crippen molar-refractivity contribution in [1.82, 2.24) is 25.2 Å². The smallest absolute Gasteiger partial charge is 0.408 e. The van der Waals surface area contributed by atoms with Gasteiger partial charge in [-0.3, -0.25) is 19.1 Å². The van der Waals surface area contributed by atoms with Gasteiger partial charge in [0.05, 0.1) is 28.1 Å². The van der Waals surface area contributed by atoms with Gasteiger partial charge in [0.15, 0.2) is 0 Å². The number of benzene rings is 1. The number of rotatable bonds is 13. The van der Waals surface area contributed by atoms with Crippen LogP contribution in [0.1, 0.15) is 74.1 Å². The third-order valence-corrected chi connectivity index (χ3v) is 12.1. The average molecular weight is 794 g/mol. The molecule has 296 valence electrons. The van der Waals surface area contributed by atoms with Crippen LogP contribution in [-0.4, -0.2) is 83.2 Å². The summed E-state index contributed by atoms with van der Waals surface area (Å²) in [4.78, 5) is 62.7. The minimum atomic E-state index is -3.95. The average Bonchev–Trinajstić information content (AvgIpc) is 3.68. The highest BCUT2D eigenvalue weighted by Crippen LogP contribution is 2.34. The molecule has 0 bridgehead atoms. The van der Waals surface area contributed by atoms with Crippen molar-refractivity contribution in [2.75, 3.05) is 6.54 Å². The fourth-order valence-corrected chi connectivity index (χ4v) is 8.32. The first-order valence-corrected chi connectivity index (χ1v) is 20.8. The first-order chi connectivity index (χ1) is 25.7. The molecule has 0 spiro atoms. The monoisotopic (exact) mass is 793 g/mol. The molecule has 5 rings (SSSR count). The van der Waals surface area contributed by atoms with Crippen molar-refractivity contribution < 1.29 is 37.1 Å². The van der Waals surface area contributed by atoms with Crippen LogP contribution < -0.4 is 20.1 Å². The lowest BCUT2D eigenvalue weighted by Gasteiger charge is -2.36. The van der Waals surface area contributed by atoms with Crippen LogP contribution in [0.5, 0.6) is 5.75 Å². The van der Waals surface area contributed by atoms with Gasteiger partial charge in [0.2, 0.25) is 21.8 Å². The number of likely N-dealkylation sites (tertiary alicyclic amines) is 1. The Hall–Kier alpha value is -4.76. The van der Waals surface area contributed by atoms with E-state index in [9.17, 15) is 27.6 Å². The van der Waals surface area contributed by atoms with E-state index in [1.165, 1.54) is 22.3 Å². The maximum atomic E-state index is 14.6. The Kier molecular flexibility index (Phi) is 12.2. The lowest BCUT2D eigenvalue weighted by atomic mass is 9.85. The Morgan fingerprint density at radius 3 is 2.25 bits per heavy atom. The van der Waals surface area contributed by atoms with Gasteiger partial charge < -0.3 is 25.0 Å². The van der Waals surface area contributed by atoms with Gasteiger partial charge in [0.25, 0.3) is 5.91 Å². The molecule has 3 aromatic rings. The Bertz CT molecular complexity index is 2000. The normalized spacial score (nSPS) is 19.1. The van der Waals surface area contributed by atoms with E-state index in [0.29, 0.717) is 30.0 Å². The van der Waals surface area contributed by atoms with E-state index >= 15 is 0 Å². The van der Waals surface area contributed by atoms with Crippen molar-refractivity contribution in [3.05, 3.63) is 72.6 Å². The molecule has 1 aliphatic heterocycles. The van der Waals surface area contributed by atoms with Crippen LogP contribution >= 0.6 is 11.3 Å². The van der Waals surface area contributed by atoms with Gasteiger partial charge in [-0.25, -0.2) is 18.2 Å². The van der Waals surface area contributed by atoms with Gasteiger partial charge in [0, 0.05) is 24.1 Å². The zero-order valence-corrected chi connectivity index (χ0v) is 34.0. The number of sulfonamides is 1. The number of amides is 4. The van der Waals surface area contributed by atoms with Crippen LogP contribution in [-0.2, 0) is 29.1 Å². The number of alkyl carbamates (subject to hydrolysis) is 1. The highest BCUT2D eigenvalue weighted by molar-refractivity contribution is 7.91. The molecule has 2 aromatic heterocycles. The zero-order chi connectivity index (χ0) is 40.3. The lowest BCUT2D eigenvalue weighted by Crippen LogP contribution is -2.63. The molecule has 1 aliphatic carbocycles. The van der Waals surface area contributed by atoms with E-state index in [2.05, 4.69) is 21.9 Å². The van der Waals surface area contributed by atoms with E-state index in [-0.39, 0.29) is 19.4 Å². The van der Waals surface area contributed by atoms with Gasteiger partial charge in [0.1, 0.15) is 35.1 Å². The summed E-state index contributed by atoms with van der Waals surface area (Å²) in [6.07, 6.45) is 0.552. The Labute approximate surface area is 327 Å². The second kappa shape index (κ2) is 16.1. The molecule has 2 aliphatic rings. The molecule has 55 heavy (non-hydrogen) atoms. The molecule has 15 heteroatoms. The first-order valence-electron chi connectivity index (χ1n) is 18.3. The highest BCUT2D eigenvalue weighted by atomic mass is 32.2. The quantitative estimate of drug-likeness (QED) is 0.180. The number of carbonyl (C=O) groups excluding carboxylic acids is 4. The number of carbonyl (C=O) groups is 4. The Morgan fingerprint density at radius 2 is 1.69 bits per heavy atom. The van der Waals surface area contributed by atoms with Gasteiger partial charge in [-0.15, -0.1) is 17.9 Å². The van der Waals surface area contributed by atoms with E-state index < -0.39 is 73.8 Å². The molecule has 13 nitrogen and oxygen atoms in total. The van der Waals surface area contributed by atoms with Gasteiger partial charge in [-0.2, -0.15) is 0 Å². The van der Waals surface area contributed by atoms with Crippen LogP contribution in [0.2, 0.25) is 0 Å². The second-order valence-electron chi connectivity index (χ2n) is 16.0. The van der Waals surface area contributed by atoms with Crippen LogP contribution in [0.3, 0.4) is 0 Å². The summed E-state index contributed by atoms with van der Waals surface area (Å²) in [6.45, 7) is 15.8. The van der Waals surface area contributed by atoms with E-state index in [1.54, 1.807) is 54.5 Å². The van der Waals surface area contributed by atoms with Crippen molar-refractivity contribution in [3.8, 4) is 27.6 Å². The molecule has 0 radical (unpaired) electrons. The van der Waals surface area contributed by atoms with Crippen molar-refractivity contribution in [1.29, 1.82) is 0 Å². The molecule has 3 N–H and O–H groups in total. The SMILES string of the molecule is C=C[C@@](CC)(NC(=O)[C@@H]1C[C@@H](Oc2cc(-c3ccccc3)nc(-c3cccs3)c2)CN1C(=O)[C@@H](NC(=O)OC(C)(C)C)C(C)(C)C)C(=O)NS(=O)(=O)C1CC1. The summed E-state index contributed by atoms with van der Waals surface area (Å²) < 4.78 is 39.7. The zero-order valence-electron chi connectivity index (χ0n) is 32.4. The van der Waals surface area contributed by atoms with Crippen LogP contribution in [0.15, 0.2) is 72.6 Å². The topological polar surface area (TPSA) is 173 Å². The number of hydrogen-bond acceptors (Lipinski definition) is 10. The summed E-state index contributed by atoms with van der Waals surface area (Å²) in [5.74, 6) is -1.76. The number of nitrogens with one attached hydrogen (secondary N) is 3. The minimum absolute atomic E-state index is 0.0110. The Morgan fingerprint density at radius 1 is 1.02 bits per heavy atom. The van der Waals surface area contributed by atoms with Crippen LogP contribution in [0.25, 0.3) is 21.8 Å². The van der Waals surface area contributed by atoms with Gasteiger partial charge in [-0.1, -0.05) is 70.2 Å². The fraction of sp³-hybridized carbons (Fsp3) is 0.475. The standard InChI is InChI=1S/C40H51N5O8S2/c1-9-40(10-2,36(48)44-55(50,51)28-18-19-28)43-34(46)31-23-27(24-45(31)35(47)33(38(3,4)5)42-37(49)53-39(6,7)8)52-26-21-29(25-15-12-11-13-16-25)41-30(22-26)32-17-14-20-54-32/h9,11-17,20-22,27-28,31,33H,1,10,18-19,23-24H2,2-8H3,(H,42,49)(H,43,46)(H,44,48)/t27-,31+,33-,40+/m1/s1. The molecule has 1 saturated carbocycles. The summed E-state index contributed by atoms with van der Waals surface area (Å²) in [6, 6.07) is 14.8. The fourth-order valence-electron chi connectivity index (χ4n) is 6.27. The second-order valence-corrected chi connectivity index (χ2v) is 18.9. The predicted molar refractivity (Wildman–Crippen MR) is 212 cm³/mol. The number of pyridine rings is 1. The maximum Gasteiger partial charge on any atom is 0.408 e. The highest BCUT2D eigenvalue weighted by Gasteiger charge is 2.49. The summed E-state index contributed by atoms with van der Waals surface area (Å²) in [5.41, 5.74) is -1.25. The van der Waals surface area contributed by atoms with Gasteiger partial charge in [-0.05, 0) is 56.9 Å². The molecule has 3 heterocycles. The largest absolute Gasteiger partial charge is 0.488 e. The summed E-state index contributed by atoms with van der Waals surface area (Å²) in [5, 5.41) is 6.72. The molecule has 1 aromatic carbocycles.